The highest BCUT2D eigenvalue weighted by Gasteiger charge is 2.27. The topological polar surface area (TPSA) is 80.8 Å². The lowest BCUT2D eigenvalue weighted by Crippen LogP contribution is -2.30. The lowest BCUT2D eigenvalue weighted by atomic mass is 10.1. The minimum atomic E-state index is -3.91. The van der Waals surface area contributed by atoms with Crippen molar-refractivity contribution in [3.05, 3.63) is 59.7 Å². The van der Waals surface area contributed by atoms with Gasteiger partial charge in [-0.2, -0.15) is 4.31 Å². The van der Waals surface area contributed by atoms with E-state index in [9.17, 15) is 25.6 Å². The van der Waals surface area contributed by atoms with E-state index in [0.717, 1.165) is 16.4 Å². The second kappa shape index (κ2) is 9.19. The predicted octanol–water partition coefficient (Wildman–Crippen LogP) is 3.16. The Labute approximate surface area is 170 Å². The van der Waals surface area contributed by atoms with Crippen molar-refractivity contribution in [3.63, 3.8) is 0 Å². The molecule has 2 rings (SSSR count). The zero-order valence-corrected chi connectivity index (χ0v) is 17.9. The maximum absolute atomic E-state index is 13.5. The van der Waals surface area contributed by atoms with Crippen LogP contribution in [0.5, 0.6) is 5.75 Å². The fourth-order valence-corrected chi connectivity index (χ4v) is 4.47. The van der Waals surface area contributed by atoms with E-state index in [1.165, 1.54) is 37.4 Å². The second-order valence-electron chi connectivity index (χ2n) is 6.43. The van der Waals surface area contributed by atoms with Gasteiger partial charge in [0.15, 0.2) is 21.5 Å². The summed E-state index contributed by atoms with van der Waals surface area (Å²) in [5.74, 6) is -1.82. The van der Waals surface area contributed by atoms with Gasteiger partial charge in [0.05, 0.1) is 10.6 Å². The largest absolute Gasteiger partial charge is 0.493 e. The molecule has 1 unspecified atom stereocenters. The van der Waals surface area contributed by atoms with E-state index < -0.39 is 37.5 Å². The highest BCUT2D eigenvalue weighted by atomic mass is 32.2. The number of ether oxygens (including phenoxy) is 1. The number of sulfonamides is 1. The maximum Gasteiger partial charge on any atom is 0.243 e. The predicted molar refractivity (Wildman–Crippen MR) is 106 cm³/mol. The Hall–Kier alpha value is -2.04. The lowest BCUT2D eigenvalue weighted by Gasteiger charge is -2.25. The zero-order valence-electron chi connectivity index (χ0n) is 16.3. The Morgan fingerprint density at radius 1 is 1.00 bits per heavy atom. The summed E-state index contributed by atoms with van der Waals surface area (Å²) in [6.07, 6.45) is 0. The molecule has 29 heavy (non-hydrogen) atoms. The van der Waals surface area contributed by atoms with Crippen molar-refractivity contribution in [2.75, 3.05) is 25.2 Å². The number of halogens is 2. The molecule has 0 saturated heterocycles. The lowest BCUT2D eigenvalue weighted by molar-refractivity contribution is 0.340. The molecule has 0 aliphatic rings. The number of rotatable bonds is 9. The third kappa shape index (κ3) is 5.74. The average Bonchev–Trinajstić information content (AvgIpc) is 2.69. The first kappa shape index (κ1) is 23.2. The van der Waals surface area contributed by atoms with Crippen LogP contribution in [0.3, 0.4) is 0 Å². The van der Waals surface area contributed by atoms with Crippen molar-refractivity contribution in [2.24, 2.45) is 0 Å². The van der Waals surface area contributed by atoms with Crippen LogP contribution in [-0.2, 0) is 19.9 Å². The molecule has 0 aromatic heterocycles. The summed E-state index contributed by atoms with van der Waals surface area (Å²) in [6, 6.07) is 8.06. The summed E-state index contributed by atoms with van der Waals surface area (Å²) in [7, 11) is -5.71. The van der Waals surface area contributed by atoms with Crippen LogP contribution in [0.4, 0.5) is 8.78 Å². The van der Waals surface area contributed by atoms with Gasteiger partial charge in [-0.25, -0.2) is 25.6 Å². The quantitative estimate of drug-likeness (QED) is 0.590. The standard InChI is InChI=1S/C19H23F2NO5S2/c1-4-28(23,24)12-11-27-16-6-8-17(9-7-16)29(25,26)22(3)14(2)15-5-10-18(20)19(21)13-15/h5-10,13-14H,4,11-12H2,1-3H3. The van der Waals surface area contributed by atoms with Gasteiger partial charge in [-0.1, -0.05) is 13.0 Å². The molecule has 6 nitrogen and oxygen atoms in total. The van der Waals surface area contributed by atoms with Gasteiger partial charge in [-0.15, -0.1) is 0 Å². The van der Waals surface area contributed by atoms with Crippen LogP contribution < -0.4 is 4.74 Å². The minimum absolute atomic E-state index is 0.0111. The molecule has 0 spiro atoms. The van der Waals surface area contributed by atoms with Gasteiger partial charge in [0.2, 0.25) is 10.0 Å². The highest BCUT2D eigenvalue weighted by molar-refractivity contribution is 7.91. The summed E-state index contributed by atoms with van der Waals surface area (Å²) in [6.45, 7) is 3.08. The molecule has 0 radical (unpaired) electrons. The van der Waals surface area contributed by atoms with E-state index >= 15 is 0 Å². The summed E-state index contributed by atoms with van der Waals surface area (Å²) < 4.78 is 81.6. The third-order valence-corrected chi connectivity index (χ3v) is 8.19. The summed E-state index contributed by atoms with van der Waals surface area (Å²) in [5.41, 5.74) is 0.312. The van der Waals surface area contributed by atoms with Crippen molar-refractivity contribution in [3.8, 4) is 5.75 Å². The van der Waals surface area contributed by atoms with E-state index in [-0.39, 0.29) is 23.0 Å². The highest BCUT2D eigenvalue weighted by Crippen LogP contribution is 2.27. The van der Waals surface area contributed by atoms with Crippen LogP contribution >= 0.6 is 0 Å². The second-order valence-corrected chi connectivity index (χ2v) is 10.9. The monoisotopic (exact) mass is 447 g/mol. The third-order valence-electron chi connectivity index (χ3n) is 4.58. The molecule has 2 aromatic rings. The van der Waals surface area contributed by atoms with Crippen LogP contribution in [-0.4, -0.2) is 46.3 Å². The van der Waals surface area contributed by atoms with Gasteiger partial charge in [0, 0.05) is 18.8 Å². The molecule has 0 N–H and O–H groups in total. The molecule has 0 heterocycles. The molecule has 160 valence electrons. The summed E-state index contributed by atoms with van der Waals surface area (Å²) >= 11 is 0. The Bertz CT molecular complexity index is 1050. The van der Waals surface area contributed by atoms with Crippen LogP contribution in [0.2, 0.25) is 0 Å². The Balaban J connectivity index is 2.12. The molecule has 0 amide bonds. The number of nitrogens with zero attached hydrogens (tertiary/aromatic N) is 1. The molecular formula is C19H23F2NO5S2. The number of benzene rings is 2. The fourth-order valence-electron chi connectivity index (χ4n) is 2.50. The Morgan fingerprint density at radius 2 is 1.62 bits per heavy atom. The molecular weight excluding hydrogens is 424 g/mol. The molecule has 0 bridgehead atoms. The van der Waals surface area contributed by atoms with E-state index in [4.69, 9.17) is 4.74 Å². The molecule has 10 heteroatoms. The van der Waals surface area contributed by atoms with Gasteiger partial charge in [0.1, 0.15) is 12.4 Å². The van der Waals surface area contributed by atoms with Gasteiger partial charge in [0.25, 0.3) is 0 Å². The molecule has 0 aliphatic heterocycles. The van der Waals surface area contributed by atoms with Crippen LogP contribution in [0, 0.1) is 11.6 Å². The van der Waals surface area contributed by atoms with Crippen molar-refractivity contribution in [1.29, 1.82) is 0 Å². The zero-order chi connectivity index (χ0) is 21.8. The average molecular weight is 448 g/mol. The first-order chi connectivity index (χ1) is 13.5. The number of hydrogen-bond acceptors (Lipinski definition) is 5. The van der Waals surface area contributed by atoms with Crippen molar-refractivity contribution >= 4 is 19.9 Å². The van der Waals surface area contributed by atoms with Crippen molar-refractivity contribution in [2.45, 2.75) is 24.8 Å². The molecule has 2 aromatic carbocycles. The van der Waals surface area contributed by atoms with Gasteiger partial charge < -0.3 is 4.74 Å². The summed E-state index contributed by atoms with van der Waals surface area (Å²) in [4.78, 5) is -0.0111. The first-order valence-corrected chi connectivity index (χ1v) is 12.1. The van der Waals surface area contributed by atoms with Gasteiger partial charge in [-0.3, -0.25) is 0 Å². The normalized spacial score (nSPS) is 13.4. The van der Waals surface area contributed by atoms with Gasteiger partial charge >= 0.3 is 0 Å². The fraction of sp³-hybridized carbons (Fsp3) is 0.368. The van der Waals surface area contributed by atoms with E-state index in [2.05, 4.69) is 0 Å². The van der Waals surface area contributed by atoms with Crippen LogP contribution in [0.15, 0.2) is 47.4 Å². The molecule has 0 fully saturated rings. The Kier molecular flexibility index (Phi) is 7.36. The number of sulfone groups is 1. The maximum atomic E-state index is 13.5. The first-order valence-electron chi connectivity index (χ1n) is 8.84. The van der Waals surface area contributed by atoms with E-state index in [1.807, 2.05) is 0 Å². The SMILES string of the molecule is CCS(=O)(=O)CCOc1ccc(S(=O)(=O)N(C)C(C)c2ccc(F)c(F)c2)cc1. The van der Waals surface area contributed by atoms with Crippen molar-refractivity contribution < 1.29 is 30.4 Å². The van der Waals surface area contributed by atoms with E-state index in [1.54, 1.807) is 13.8 Å². The van der Waals surface area contributed by atoms with Crippen LogP contribution in [0.1, 0.15) is 25.5 Å². The molecule has 0 aliphatic carbocycles. The number of hydrogen-bond donors (Lipinski definition) is 0. The van der Waals surface area contributed by atoms with Crippen molar-refractivity contribution in [1.82, 2.24) is 4.31 Å². The summed E-state index contributed by atoms with van der Waals surface area (Å²) in [5, 5.41) is 0. The van der Waals surface area contributed by atoms with Gasteiger partial charge in [-0.05, 0) is 48.9 Å². The Morgan fingerprint density at radius 3 is 2.17 bits per heavy atom. The minimum Gasteiger partial charge on any atom is -0.493 e. The van der Waals surface area contributed by atoms with E-state index in [0.29, 0.717) is 11.3 Å². The van der Waals surface area contributed by atoms with Crippen LogP contribution in [0.25, 0.3) is 0 Å². The molecule has 0 saturated carbocycles. The molecule has 1 atom stereocenters. The smallest absolute Gasteiger partial charge is 0.243 e.